The number of thiol groups is 1. The quantitative estimate of drug-likeness (QED) is 0.472. The lowest BCUT2D eigenvalue weighted by molar-refractivity contribution is -0.0385. The minimum Gasteiger partial charge on any atom is -0.374 e. The molecule has 1 aliphatic rings. The SMILES string of the molecule is CC(C)(N1CCOC(CNc2nc(-c3c[nH]c4ncc(Cl)cc34)ncc2F)C1)[SH](=O)=O. The summed E-state index contributed by atoms with van der Waals surface area (Å²) in [5.74, 6) is -0.255. The third-order valence-electron chi connectivity index (χ3n) is 5.34. The molecule has 0 aliphatic carbocycles. The van der Waals surface area contributed by atoms with Crippen molar-refractivity contribution < 1.29 is 17.5 Å². The zero-order valence-corrected chi connectivity index (χ0v) is 18.6. The van der Waals surface area contributed by atoms with Gasteiger partial charge in [0.05, 0.1) is 23.9 Å². The molecule has 1 atom stereocenters. The molecule has 3 aromatic heterocycles. The predicted octanol–water partition coefficient (Wildman–Crippen LogP) is 2.27. The summed E-state index contributed by atoms with van der Waals surface area (Å²) in [4.78, 5) is 16.5. The molecule has 1 unspecified atom stereocenters. The molecule has 0 aromatic carbocycles. The lowest BCUT2D eigenvalue weighted by Crippen LogP contribution is -2.54. The number of aromatic nitrogens is 4. The summed E-state index contributed by atoms with van der Waals surface area (Å²) in [6.45, 7) is 4.88. The number of H-pyrrole nitrogens is 1. The van der Waals surface area contributed by atoms with Crippen molar-refractivity contribution in [2.45, 2.75) is 24.8 Å². The third kappa shape index (κ3) is 4.49. The topological polar surface area (TPSA) is 113 Å². The van der Waals surface area contributed by atoms with Crippen LogP contribution in [-0.2, 0) is 15.4 Å². The Hall–Kier alpha value is -2.34. The van der Waals surface area contributed by atoms with E-state index in [1.165, 1.54) is 6.20 Å². The van der Waals surface area contributed by atoms with Crippen molar-refractivity contribution in [1.29, 1.82) is 0 Å². The molecule has 0 spiro atoms. The number of anilines is 1. The Morgan fingerprint density at radius 3 is 2.97 bits per heavy atom. The monoisotopic (exact) mass is 468 g/mol. The highest BCUT2D eigenvalue weighted by Crippen LogP contribution is 2.28. The van der Waals surface area contributed by atoms with E-state index in [0.717, 1.165) is 11.6 Å². The Kier molecular flexibility index (Phi) is 6.11. The fourth-order valence-corrected chi connectivity index (χ4v) is 4.02. The highest BCUT2D eigenvalue weighted by molar-refractivity contribution is 7.73. The van der Waals surface area contributed by atoms with Gasteiger partial charge in [0.25, 0.3) is 0 Å². The Bertz CT molecular complexity index is 1180. The van der Waals surface area contributed by atoms with E-state index in [9.17, 15) is 12.8 Å². The lowest BCUT2D eigenvalue weighted by Gasteiger charge is -2.40. The second kappa shape index (κ2) is 8.65. The van der Waals surface area contributed by atoms with Crippen LogP contribution >= 0.6 is 11.6 Å². The first-order valence-corrected chi connectivity index (χ1v) is 11.2. The minimum atomic E-state index is -2.63. The van der Waals surface area contributed by atoms with Gasteiger partial charge < -0.3 is 15.0 Å². The summed E-state index contributed by atoms with van der Waals surface area (Å²) in [5.41, 5.74) is 1.27. The van der Waals surface area contributed by atoms with Crippen LogP contribution in [0.5, 0.6) is 0 Å². The summed E-state index contributed by atoms with van der Waals surface area (Å²) in [5, 5.41) is 4.16. The van der Waals surface area contributed by atoms with Crippen LogP contribution in [0.15, 0.2) is 24.7 Å². The van der Waals surface area contributed by atoms with Crippen LogP contribution in [0.1, 0.15) is 13.8 Å². The smallest absolute Gasteiger partial charge is 0.183 e. The number of fused-ring (bicyclic) bond motifs is 1. The number of aromatic amines is 1. The van der Waals surface area contributed by atoms with E-state index in [1.807, 2.05) is 4.90 Å². The molecule has 0 radical (unpaired) electrons. The first kappa shape index (κ1) is 21.9. The normalized spacial score (nSPS) is 18.0. The molecule has 0 bridgehead atoms. The highest BCUT2D eigenvalue weighted by Gasteiger charge is 2.34. The van der Waals surface area contributed by atoms with Gasteiger partial charge in [-0.05, 0) is 19.9 Å². The lowest BCUT2D eigenvalue weighted by atomic mass is 10.2. The zero-order chi connectivity index (χ0) is 22.2. The first-order valence-electron chi connectivity index (χ1n) is 9.66. The first-order chi connectivity index (χ1) is 14.8. The van der Waals surface area contributed by atoms with Gasteiger partial charge in [-0.3, -0.25) is 4.90 Å². The molecular weight excluding hydrogens is 447 g/mol. The third-order valence-corrected chi connectivity index (χ3v) is 6.72. The number of rotatable bonds is 6. The Balaban J connectivity index is 1.51. The van der Waals surface area contributed by atoms with Gasteiger partial charge in [0.2, 0.25) is 0 Å². The van der Waals surface area contributed by atoms with Gasteiger partial charge in [-0.25, -0.2) is 27.8 Å². The molecule has 0 amide bonds. The molecular formula is C19H22ClFN6O3S. The largest absolute Gasteiger partial charge is 0.374 e. The summed E-state index contributed by atoms with van der Waals surface area (Å²) in [6, 6.07) is 1.74. The molecule has 1 saturated heterocycles. The summed E-state index contributed by atoms with van der Waals surface area (Å²) < 4.78 is 43.2. The Morgan fingerprint density at radius 1 is 1.39 bits per heavy atom. The van der Waals surface area contributed by atoms with Gasteiger partial charge >= 0.3 is 0 Å². The van der Waals surface area contributed by atoms with Crippen molar-refractivity contribution in [3.8, 4) is 11.4 Å². The second-order valence-corrected chi connectivity index (χ2v) is 9.76. The number of hydrogen-bond acceptors (Lipinski definition) is 8. The standard InChI is InChI=1S/C19H22ClFN6O3S/c1-19(2,31(28)29)27-3-4-30-12(10-27)7-23-18-15(21)9-25-17(26-18)14-8-24-16-13(14)5-11(20)6-22-16/h5-6,8-9,12,31H,3-4,7,10H2,1-2H3,(H,22,24)(H,23,25,26). The molecule has 3 aromatic rings. The molecule has 9 nitrogen and oxygen atoms in total. The van der Waals surface area contributed by atoms with Gasteiger partial charge in [-0.15, -0.1) is 0 Å². The number of hydrogen-bond donors (Lipinski definition) is 3. The van der Waals surface area contributed by atoms with Gasteiger partial charge in [0, 0.05) is 43.0 Å². The summed E-state index contributed by atoms with van der Waals surface area (Å²) in [7, 11) is -2.63. The van der Waals surface area contributed by atoms with Crippen molar-refractivity contribution in [3.63, 3.8) is 0 Å². The van der Waals surface area contributed by atoms with Gasteiger partial charge in [0.1, 0.15) is 10.5 Å². The fraction of sp³-hybridized carbons (Fsp3) is 0.421. The Morgan fingerprint density at radius 2 is 2.19 bits per heavy atom. The number of halogens is 2. The number of nitrogens with one attached hydrogen (secondary N) is 2. The molecule has 1 fully saturated rings. The van der Waals surface area contributed by atoms with E-state index in [0.29, 0.717) is 41.8 Å². The fourth-order valence-electron chi connectivity index (χ4n) is 3.45. The van der Waals surface area contributed by atoms with Gasteiger partial charge in [0.15, 0.2) is 28.2 Å². The van der Waals surface area contributed by atoms with Crippen molar-refractivity contribution >= 4 is 39.2 Å². The van der Waals surface area contributed by atoms with E-state index >= 15 is 0 Å². The molecule has 12 heteroatoms. The van der Waals surface area contributed by atoms with E-state index in [-0.39, 0.29) is 18.5 Å². The van der Waals surface area contributed by atoms with Crippen molar-refractivity contribution in [2.75, 3.05) is 31.6 Å². The van der Waals surface area contributed by atoms with Gasteiger partial charge in [-0.1, -0.05) is 11.6 Å². The number of morpholine rings is 1. The summed E-state index contributed by atoms with van der Waals surface area (Å²) in [6.07, 6.45) is 4.00. The molecule has 31 heavy (non-hydrogen) atoms. The maximum atomic E-state index is 14.4. The van der Waals surface area contributed by atoms with Crippen LogP contribution in [0.2, 0.25) is 5.02 Å². The number of ether oxygens (including phenoxy) is 1. The maximum absolute atomic E-state index is 14.4. The van der Waals surface area contributed by atoms with Crippen LogP contribution < -0.4 is 5.32 Å². The van der Waals surface area contributed by atoms with Crippen LogP contribution in [0.4, 0.5) is 10.2 Å². The van der Waals surface area contributed by atoms with E-state index < -0.39 is 21.4 Å². The van der Waals surface area contributed by atoms with E-state index in [4.69, 9.17) is 16.3 Å². The molecule has 4 rings (SSSR count). The molecule has 166 valence electrons. The summed E-state index contributed by atoms with van der Waals surface area (Å²) >= 11 is 6.05. The Labute approximate surface area is 185 Å². The molecule has 0 saturated carbocycles. The maximum Gasteiger partial charge on any atom is 0.183 e. The van der Waals surface area contributed by atoms with Crippen molar-refractivity contribution in [2.24, 2.45) is 0 Å². The van der Waals surface area contributed by atoms with Crippen LogP contribution in [0.3, 0.4) is 0 Å². The number of nitrogens with zero attached hydrogens (tertiary/aromatic N) is 4. The molecule has 4 heterocycles. The van der Waals surface area contributed by atoms with Crippen molar-refractivity contribution in [1.82, 2.24) is 24.8 Å². The molecule has 1 aliphatic heterocycles. The average Bonchev–Trinajstić information content (AvgIpc) is 3.16. The molecule has 2 N–H and O–H groups in total. The van der Waals surface area contributed by atoms with Crippen LogP contribution in [-0.4, -0.2) is 70.5 Å². The van der Waals surface area contributed by atoms with Crippen molar-refractivity contribution in [3.05, 3.63) is 35.5 Å². The zero-order valence-electron chi connectivity index (χ0n) is 16.9. The van der Waals surface area contributed by atoms with E-state index in [1.54, 1.807) is 26.1 Å². The average molecular weight is 469 g/mol. The van der Waals surface area contributed by atoms with E-state index in [2.05, 4.69) is 25.3 Å². The second-order valence-electron chi connectivity index (χ2n) is 7.71. The highest BCUT2D eigenvalue weighted by atomic mass is 35.5. The van der Waals surface area contributed by atoms with Gasteiger partial charge in [-0.2, -0.15) is 0 Å². The van der Waals surface area contributed by atoms with Crippen LogP contribution in [0.25, 0.3) is 22.4 Å². The number of pyridine rings is 1. The minimum absolute atomic E-state index is 0.0317. The van der Waals surface area contributed by atoms with Crippen LogP contribution in [0, 0.1) is 5.82 Å². The predicted molar refractivity (Wildman–Crippen MR) is 116 cm³/mol.